The lowest BCUT2D eigenvalue weighted by Gasteiger charge is -2.12. The Hall–Kier alpha value is -1.73. The number of thiophene rings is 1. The summed E-state index contributed by atoms with van der Waals surface area (Å²) < 4.78 is 30.4. The zero-order chi connectivity index (χ0) is 18.1. The van der Waals surface area contributed by atoms with Crippen molar-refractivity contribution in [2.45, 2.75) is 20.4 Å². The summed E-state index contributed by atoms with van der Waals surface area (Å²) >= 11 is 5.03. The average Bonchev–Trinajstić information content (AvgIpc) is 3.09. The van der Waals surface area contributed by atoms with E-state index in [0.29, 0.717) is 23.7 Å². The van der Waals surface area contributed by atoms with Gasteiger partial charge in [0.15, 0.2) is 11.6 Å². The third-order valence-corrected chi connectivity index (χ3v) is 5.63. The van der Waals surface area contributed by atoms with Gasteiger partial charge in [-0.05, 0) is 45.6 Å². The molecule has 3 nitrogen and oxygen atoms in total. The Balaban J connectivity index is 2.01. The Labute approximate surface area is 156 Å². The molecule has 0 spiro atoms. The van der Waals surface area contributed by atoms with Crippen LogP contribution in [0.5, 0.6) is 0 Å². The van der Waals surface area contributed by atoms with Crippen LogP contribution in [0.1, 0.15) is 29.9 Å². The molecule has 0 atom stereocenters. The van der Waals surface area contributed by atoms with Crippen LogP contribution in [0.4, 0.5) is 8.78 Å². The largest absolute Gasteiger partial charge is 0.351 e. The molecule has 132 valence electrons. The SMILES string of the molecule is CC(C)CNC(=O)c1cc2scc(Br)c2n1Cc1ccc(F)c(F)c1. The number of carbonyl (C=O) groups is 1. The maximum atomic E-state index is 13.5. The summed E-state index contributed by atoms with van der Waals surface area (Å²) in [7, 11) is 0. The van der Waals surface area contributed by atoms with E-state index in [9.17, 15) is 13.6 Å². The van der Waals surface area contributed by atoms with Gasteiger partial charge in [-0.3, -0.25) is 4.79 Å². The average molecular weight is 427 g/mol. The molecule has 1 N–H and O–H groups in total. The van der Waals surface area contributed by atoms with Gasteiger partial charge in [0.05, 0.1) is 14.7 Å². The zero-order valence-electron chi connectivity index (χ0n) is 13.8. The molecule has 0 saturated carbocycles. The third-order valence-electron chi connectivity index (χ3n) is 3.81. The first-order chi connectivity index (χ1) is 11.9. The summed E-state index contributed by atoms with van der Waals surface area (Å²) in [6.07, 6.45) is 0. The van der Waals surface area contributed by atoms with E-state index in [1.165, 1.54) is 17.4 Å². The van der Waals surface area contributed by atoms with Crippen LogP contribution in [0.25, 0.3) is 10.2 Å². The Bertz CT molecular complexity index is 933. The molecule has 1 aromatic carbocycles. The molecule has 3 rings (SSSR count). The predicted octanol–water partition coefficient (Wildman–Crippen LogP) is 5.18. The minimum atomic E-state index is -0.893. The molecule has 0 aliphatic carbocycles. The fraction of sp³-hybridized carbons (Fsp3) is 0.278. The molecule has 0 bridgehead atoms. The Morgan fingerprint density at radius 3 is 2.72 bits per heavy atom. The van der Waals surface area contributed by atoms with Crippen molar-refractivity contribution in [3.8, 4) is 0 Å². The first-order valence-electron chi connectivity index (χ1n) is 7.85. The number of halogens is 3. The lowest BCUT2D eigenvalue weighted by atomic mass is 10.2. The Morgan fingerprint density at radius 1 is 1.28 bits per heavy atom. The van der Waals surface area contributed by atoms with Gasteiger partial charge in [-0.15, -0.1) is 11.3 Å². The van der Waals surface area contributed by atoms with Gasteiger partial charge >= 0.3 is 0 Å². The Kier molecular flexibility index (Phi) is 5.24. The Morgan fingerprint density at radius 2 is 2.04 bits per heavy atom. The van der Waals surface area contributed by atoms with E-state index in [1.807, 2.05) is 29.9 Å². The van der Waals surface area contributed by atoms with Crippen molar-refractivity contribution in [2.75, 3.05) is 6.54 Å². The second kappa shape index (κ2) is 7.25. The minimum Gasteiger partial charge on any atom is -0.351 e. The van der Waals surface area contributed by atoms with Crippen molar-refractivity contribution in [2.24, 2.45) is 5.92 Å². The highest BCUT2D eigenvalue weighted by Gasteiger charge is 2.19. The zero-order valence-corrected chi connectivity index (χ0v) is 16.2. The summed E-state index contributed by atoms with van der Waals surface area (Å²) in [4.78, 5) is 12.6. The van der Waals surface area contributed by atoms with Crippen LogP contribution in [0.15, 0.2) is 34.1 Å². The maximum Gasteiger partial charge on any atom is 0.267 e. The number of fused-ring (bicyclic) bond motifs is 1. The monoisotopic (exact) mass is 426 g/mol. The highest BCUT2D eigenvalue weighted by molar-refractivity contribution is 9.10. The molecule has 3 aromatic rings. The number of benzene rings is 1. The number of aromatic nitrogens is 1. The number of hydrogen-bond donors (Lipinski definition) is 1. The molecule has 7 heteroatoms. The smallest absolute Gasteiger partial charge is 0.267 e. The second-order valence-corrected chi connectivity index (χ2v) is 8.03. The van der Waals surface area contributed by atoms with Crippen LogP contribution in [0.3, 0.4) is 0 Å². The third kappa shape index (κ3) is 3.77. The second-order valence-electron chi connectivity index (χ2n) is 6.26. The fourth-order valence-electron chi connectivity index (χ4n) is 2.59. The highest BCUT2D eigenvalue weighted by Crippen LogP contribution is 2.34. The first-order valence-corrected chi connectivity index (χ1v) is 9.52. The summed E-state index contributed by atoms with van der Waals surface area (Å²) in [6.45, 7) is 4.90. The molecule has 0 aliphatic heterocycles. The van der Waals surface area contributed by atoms with Crippen molar-refractivity contribution in [3.63, 3.8) is 0 Å². The molecule has 0 radical (unpaired) electrons. The number of hydrogen-bond acceptors (Lipinski definition) is 2. The quantitative estimate of drug-likeness (QED) is 0.599. The van der Waals surface area contributed by atoms with Crippen LogP contribution < -0.4 is 5.32 Å². The predicted molar refractivity (Wildman–Crippen MR) is 100 cm³/mol. The molecule has 0 aliphatic rings. The lowest BCUT2D eigenvalue weighted by molar-refractivity contribution is 0.0940. The number of nitrogens with zero attached hydrogens (tertiary/aromatic N) is 1. The van der Waals surface area contributed by atoms with Crippen molar-refractivity contribution in [1.82, 2.24) is 9.88 Å². The van der Waals surface area contributed by atoms with Gasteiger partial charge in [-0.2, -0.15) is 0 Å². The summed E-state index contributed by atoms with van der Waals surface area (Å²) in [5.41, 5.74) is 1.98. The summed E-state index contributed by atoms with van der Waals surface area (Å²) in [5, 5.41) is 4.86. The summed E-state index contributed by atoms with van der Waals surface area (Å²) in [6, 6.07) is 5.63. The maximum absolute atomic E-state index is 13.5. The van der Waals surface area contributed by atoms with Crippen LogP contribution in [-0.2, 0) is 6.54 Å². The standard InChI is InChI=1S/C18H17BrF2N2OS/c1-10(2)7-22-18(24)15-6-16-17(12(19)9-25-16)23(15)8-11-3-4-13(20)14(21)5-11/h3-6,9-10H,7-8H2,1-2H3,(H,22,24). The van der Waals surface area contributed by atoms with Crippen molar-refractivity contribution >= 4 is 43.4 Å². The topological polar surface area (TPSA) is 34.0 Å². The van der Waals surface area contributed by atoms with E-state index >= 15 is 0 Å². The molecule has 0 saturated heterocycles. The number of amides is 1. The number of rotatable bonds is 5. The van der Waals surface area contributed by atoms with Crippen molar-refractivity contribution < 1.29 is 13.6 Å². The van der Waals surface area contributed by atoms with E-state index in [4.69, 9.17) is 0 Å². The van der Waals surface area contributed by atoms with Crippen molar-refractivity contribution in [3.05, 3.63) is 57.0 Å². The van der Waals surface area contributed by atoms with Crippen LogP contribution in [0.2, 0.25) is 0 Å². The molecule has 25 heavy (non-hydrogen) atoms. The molecule has 0 unspecified atom stereocenters. The van der Waals surface area contributed by atoms with Gasteiger partial charge in [-0.25, -0.2) is 8.78 Å². The van der Waals surface area contributed by atoms with Crippen LogP contribution >= 0.6 is 27.3 Å². The van der Waals surface area contributed by atoms with Crippen LogP contribution in [-0.4, -0.2) is 17.0 Å². The van der Waals surface area contributed by atoms with Crippen LogP contribution in [0, 0.1) is 17.6 Å². The number of carbonyl (C=O) groups excluding carboxylic acids is 1. The van der Waals surface area contributed by atoms with E-state index in [1.54, 1.807) is 0 Å². The molecular weight excluding hydrogens is 410 g/mol. The summed E-state index contributed by atoms with van der Waals surface area (Å²) in [5.74, 6) is -1.61. The fourth-order valence-corrected chi connectivity index (χ4v) is 4.28. The van der Waals surface area contributed by atoms with Gasteiger partial charge in [0.1, 0.15) is 5.69 Å². The minimum absolute atomic E-state index is 0.174. The van der Waals surface area contributed by atoms with E-state index in [-0.39, 0.29) is 12.5 Å². The molecule has 0 fully saturated rings. The van der Waals surface area contributed by atoms with Gasteiger partial charge in [0.25, 0.3) is 5.91 Å². The van der Waals surface area contributed by atoms with E-state index in [0.717, 1.165) is 26.8 Å². The highest BCUT2D eigenvalue weighted by atomic mass is 79.9. The number of nitrogens with one attached hydrogen (secondary N) is 1. The normalized spacial score (nSPS) is 11.4. The van der Waals surface area contributed by atoms with Gasteiger partial charge in [0, 0.05) is 18.5 Å². The van der Waals surface area contributed by atoms with Crippen molar-refractivity contribution in [1.29, 1.82) is 0 Å². The molecular formula is C18H17BrF2N2OS. The molecule has 2 aromatic heterocycles. The van der Waals surface area contributed by atoms with E-state index < -0.39 is 11.6 Å². The van der Waals surface area contributed by atoms with E-state index in [2.05, 4.69) is 21.2 Å². The molecule has 2 heterocycles. The lowest BCUT2D eigenvalue weighted by Crippen LogP contribution is -2.29. The first kappa shape index (κ1) is 18.1. The van der Waals surface area contributed by atoms with Gasteiger partial charge in [0.2, 0.25) is 0 Å². The molecule has 1 amide bonds. The van der Waals surface area contributed by atoms with Gasteiger partial charge < -0.3 is 9.88 Å². The van der Waals surface area contributed by atoms with Gasteiger partial charge in [-0.1, -0.05) is 19.9 Å².